The van der Waals surface area contributed by atoms with Crippen molar-refractivity contribution in [1.82, 2.24) is 14.1 Å². The first-order valence-electron chi connectivity index (χ1n) is 8.91. The summed E-state index contributed by atoms with van der Waals surface area (Å²) in [5.41, 5.74) is 0.0196. The van der Waals surface area contributed by atoms with Crippen LogP contribution in [0.2, 0.25) is 0 Å². The summed E-state index contributed by atoms with van der Waals surface area (Å²) in [5, 5.41) is 12.8. The van der Waals surface area contributed by atoms with Crippen LogP contribution in [0, 0.1) is 5.92 Å². The lowest BCUT2D eigenvalue weighted by Gasteiger charge is -2.46. The quantitative estimate of drug-likeness (QED) is 0.797. The van der Waals surface area contributed by atoms with E-state index in [1.165, 1.54) is 0 Å². The molecule has 0 radical (unpaired) electrons. The highest BCUT2D eigenvalue weighted by Gasteiger charge is 2.39. The zero-order chi connectivity index (χ0) is 18.2. The Morgan fingerprint density at radius 1 is 1.19 bits per heavy atom. The van der Waals surface area contributed by atoms with Crippen molar-refractivity contribution in [3.05, 3.63) is 0 Å². The van der Waals surface area contributed by atoms with Crippen LogP contribution in [0.5, 0.6) is 5.88 Å². The summed E-state index contributed by atoms with van der Waals surface area (Å²) >= 11 is 1.16. The SMILES string of the molecule is CC1(C)CC(Oc2nsnc2N2CCC(C(=O)O)CC2)CC(C)(C)N1.Cl. The maximum Gasteiger partial charge on any atom is 0.306 e. The molecular weight excluding hydrogens is 376 g/mol. The first-order chi connectivity index (χ1) is 11.7. The lowest BCUT2D eigenvalue weighted by molar-refractivity contribution is -0.142. The Hall–Kier alpha value is -1.12. The summed E-state index contributed by atoms with van der Waals surface area (Å²) in [7, 11) is 0. The van der Waals surface area contributed by atoms with Gasteiger partial charge in [-0.3, -0.25) is 4.79 Å². The van der Waals surface area contributed by atoms with E-state index in [1.807, 2.05) is 0 Å². The van der Waals surface area contributed by atoms with Crippen LogP contribution < -0.4 is 15.0 Å². The molecule has 148 valence electrons. The van der Waals surface area contributed by atoms with Gasteiger partial charge < -0.3 is 20.1 Å². The first-order valence-corrected chi connectivity index (χ1v) is 9.65. The number of ether oxygens (including phenoxy) is 1. The summed E-state index contributed by atoms with van der Waals surface area (Å²) in [5.74, 6) is 0.408. The smallest absolute Gasteiger partial charge is 0.306 e. The van der Waals surface area contributed by atoms with E-state index in [1.54, 1.807) is 0 Å². The van der Waals surface area contributed by atoms with Crippen molar-refractivity contribution < 1.29 is 14.6 Å². The van der Waals surface area contributed by atoms with Crippen molar-refractivity contribution in [2.45, 2.75) is 70.6 Å². The number of carboxylic acids is 1. The number of aliphatic carboxylic acids is 1. The highest BCUT2D eigenvalue weighted by atomic mass is 35.5. The van der Waals surface area contributed by atoms with E-state index < -0.39 is 5.97 Å². The number of hydrogen-bond donors (Lipinski definition) is 2. The second-order valence-electron chi connectivity index (χ2n) is 8.53. The fraction of sp³-hybridized carbons (Fsp3) is 0.824. The van der Waals surface area contributed by atoms with Crippen molar-refractivity contribution >= 4 is 35.9 Å². The van der Waals surface area contributed by atoms with Crippen LogP contribution in [0.25, 0.3) is 0 Å². The Bertz CT molecular complexity index is 613. The number of nitrogens with zero attached hydrogens (tertiary/aromatic N) is 3. The van der Waals surface area contributed by atoms with Crippen LogP contribution in [0.4, 0.5) is 5.82 Å². The Morgan fingerprint density at radius 3 is 2.31 bits per heavy atom. The number of aromatic nitrogens is 2. The highest BCUT2D eigenvalue weighted by Crippen LogP contribution is 2.35. The summed E-state index contributed by atoms with van der Waals surface area (Å²) in [6.45, 7) is 10.1. The minimum Gasteiger partial charge on any atom is -0.481 e. The van der Waals surface area contributed by atoms with Crippen molar-refractivity contribution in [2.75, 3.05) is 18.0 Å². The van der Waals surface area contributed by atoms with Gasteiger partial charge in [0.25, 0.3) is 5.88 Å². The fourth-order valence-electron chi connectivity index (χ4n) is 4.25. The van der Waals surface area contributed by atoms with Crippen molar-refractivity contribution in [3.8, 4) is 5.88 Å². The number of halogens is 1. The Morgan fingerprint density at radius 2 is 1.77 bits per heavy atom. The molecule has 0 aromatic carbocycles. The molecule has 0 bridgehead atoms. The van der Waals surface area contributed by atoms with Gasteiger partial charge in [-0.2, -0.15) is 4.37 Å². The lowest BCUT2D eigenvalue weighted by Crippen LogP contribution is -2.60. The van der Waals surface area contributed by atoms with E-state index in [0.717, 1.165) is 30.4 Å². The average molecular weight is 405 g/mol. The number of hydrogen-bond acceptors (Lipinski definition) is 7. The molecule has 0 atom stereocenters. The molecule has 1 aromatic rings. The zero-order valence-electron chi connectivity index (χ0n) is 15.8. The second kappa shape index (κ2) is 7.86. The van der Waals surface area contributed by atoms with Crippen LogP contribution >= 0.6 is 24.1 Å². The van der Waals surface area contributed by atoms with Gasteiger partial charge in [-0.25, -0.2) is 0 Å². The summed E-state index contributed by atoms with van der Waals surface area (Å²) in [6, 6.07) is 0. The molecule has 0 amide bonds. The van der Waals surface area contributed by atoms with Crippen molar-refractivity contribution in [3.63, 3.8) is 0 Å². The van der Waals surface area contributed by atoms with E-state index in [2.05, 4.69) is 46.7 Å². The molecular formula is C17H29ClN4O3S. The molecule has 0 aliphatic carbocycles. The molecule has 2 fully saturated rings. The zero-order valence-corrected chi connectivity index (χ0v) is 17.5. The summed E-state index contributed by atoms with van der Waals surface area (Å²) in [4.78, 5) is 13.2. The molecule has 2 aliphatic heterocycles. The second-order valence-corrected chi connectivity index (χ2v) is 9.06. The van der Waals surface area contributed by atoms with Gasteiger partial charge in [-0.15, -0.1) is 16.8 Å². The van der Waals surface area contributed by atoms with Crippen LogP contribution in [0.1, 0.15) is 53.4 Å². The van der Waals surface area contributed by atoms with Gasteiger partial charge in [-0.1, -0.05) is 0 Å². The van der Waals surface area contributed by atoms with Crippen molar-refractivity contribution in [1.29, 1.82) is 0 Å². The molecule has 0 unspecified atom stereocenters. The number of carboxylic acid groups (broad SMARTS) is 1. The number of anilines is 1. The molecule has 0 saturated carbocycles. The van der Waals surface area contributed by atoms with E-state index in [9.17, 15) is 4.79 Å². The van der Waals surface area contributed by atoms with E-state index in [4.69, 9.17) is 9.84 Å². The van der Waals surface area contributed by atoms with Gasteiger partial charge in [0.2, 0.25) is 5.82 Å². The highest BCUT2D eigenvalue weighted by molar-refractivity contribution is 6.99. The molecule has 2 saturated heterocycles. The number of carbonyl (C=O) groups is 1. The minimum absolute atomic E-state index is 0. The molecule has 26 heavy (non-hydrogen) atoms. The van der Waals surface area contributed by atoms with Crippen LogP contribution in [0.3, 0.4) is 0 Å². The van der Waals surface area contributed by atoms with E-state index in [-0.39, 0.29) is 35.5 Å². The molecule has 7 nitrogen and oxygen atoms in total. The summed E-state index contributed by atoms with van der Waals surface area (Å²) in [6.07, 6.45) is 3.19. The van der Waals surface area contributed by atoms with Gasteiger partial charge >= 0.3 is 5.97 Å². The van der Waals surface area contributed by atoms with E-state index in [0.29, 0.717) is 31.8 Å². The molecule has 2 aliphatic rings. The lowest BCUT2D eigenvalue weighted by atomic mass is 9.81. The van der Waals surface area contributed by atoms with Crippen LogP contribution in [0.15, 0.2) is 0 Å². The van der Waals surface area contributed by atoms with Gasteiger partial charge in [-0.05, 0) is 40.5 Å². The normalized spacial score (nSPS) is 23.3. The Kier molecular flexibility index (Phi) is 6.40. The standard InChI is InChI=1S/C17H28N4O3S.ClH/c1-16(2)9-12(10-17(3,4)20-16)24-14-13(18-25-19-14)21-7-5-11(6-8-21)15(22)23;/h11-12,20H,5-10H2,1-4H3,(H,22,23);1H. The predicted octanol–water partition coefficient (Wildman–Crippen LogP) is 2.95. The third kappa shape index (κ3) is 4.98. The van der Waals surface area contributed by atoms with E-state index >= 15 is 0 Å². The monoisotopic (exact) mass is 404 g/mol. The topological polar surface area (TPSA) is 87.6 Å². The molecule has 3 rings (SSSR count). The first kappa shape index (κ1) is 21.2. The maximum absolute atomic E-state index is 11.1. The summed E-state index contributed by atoms with van der Waals surface area (Å²) < 4.78 is 15.0. The number of nitrogens with one attached hydrogen (secondary N) is 1. The third-order valence-electron chi connectivity index (χ3n) is 5.02. The maximum atomic E-state index is 11.1. The van der Waals surface area contributed by atoms with Gasteiger partial charge in [0, 0.05) is 37.0 Å². The molecule has 9 heteroatoms. The predicted molar refractivity (Wildman–Crippen MR) is 105 cm³/mol. The minimum atomic E-state index is -0.702. The molecule has 3 heterocycles. The average Bonchev–Trinajstić information content (AvgIpc) is 2.92. The number of rotatable bonds is 4. The Balaban J connectivity index is 0.00000243. The van der Waals surface area contributed by atoms with Crippen molar-refractivity contribution in [2.24, 2.45) is 5.92 Å². The van der Waals surface area contributed by atoms with Gasteiger partial charge in [0.15, 0.2) is 0 Å². The van der Waals surface area contributed by atoms with Crippen LogP contribution in [-0.4, -0.2) is 50.1 Å². The molecule has 1 aromatic heterocycles. The third-order valence-corrected chi connectivity index (χ3v) is 5.52. The fourth-order valence-corrected chi connectivity index (χ4v) is 4.76. The van der Waals surface area contributed by atoms with Crippen LogP contribution in [-0.2, 0) is 4.79 Å². The Labute approximate surface area is 165 Å². The molecule has 2 N–H and O–H groups in total. The van der Waals surface area contributed by atoms with Gasteiger partial charge in [0.05, 0.1) is 17.6 Å². The van der Waals surface area contributed by atoms with Gasteiger partial charge in [0.1, 0.15) is 6.10 Å². The largest absolute Gasteiger partial charge is 0.481 e. The molecule has 0 spiro atoms. The number of piperidine rings is 2.